The summed E-state index contributed by atoms with van der Waals surface area (Å²) in [4.78, 5) is 13.7. The first-order chi connectivity index (χ1) is 12.9. The molecule has 0 heterocycles. The number of carbonyl (C=O) groups excluding carboxylic acids is 1. The third-order valence-electron chi connectivity index (χ3n) is 5.07. The zero-order valence-corrected chi connectivity index (χ0v) is 17.2. The number of anilines is 1. The molecule has 2 atom stereocenters. The Bertz CT molecular complexity index is 772. The topological polar surface area (TPSA) is 52.0 Å². The Balaban J connectivity index is 2.05. The summed E-state index contributed by atoms with van der Waals surface area (Å²) in [6.45, 7) is 6.82. The van der Waals surface area contributed by atoms with E-state index in [-0.39, 0.29) is 11.9 Å². The lowest BCUT2D eigenvalue weighted by atomic mass is 10.1. The number of hydrogen-bond donors (Lipinski definition) is 2. The van der Waals surface area contributed by atoms with Crippen molar-refractivity contribution in [2.45, 2.75) is 39.8 Å². The maximum atomic E-state index is 12.6. The third kappa shape index (κ3) is 5.23. The highest BCUT2D eigenvalue weighted by molar-refractivity contribution is 5.93. The fraction of sp³-hybridized carbons (Fsp3) is 0.409. The molecule has 0 aromatic heterocycles. The molecule has 146 valence electrons. The van der Waals surface area contributed by atoms with Crippen molar-refractivity contribution in [1.82, 2.24) is 0 Å². The van der Waals surface area contributed by atoms with Crippen LogP contribution in [0.3, 0.4) is 0 Å². The molecular weight excluding hydrogens is 340 g/mol. The van der Waals surface area contributed by atoms with Crippen molar-refractivity contribution in [3.8, 4) is 11.5 Å². The van der Waals surface area contributed by atoms with Crippen LogP contribution in [0.25, 0.3) is 0 Å². The summed E-state index contributed by atoms with van der Waals surface area (Å²) in [6, 6.07) is 11.8. The Morgan fingerprint density at radius 3 is 2.26 bits per heavy atom. The van der Waals surface area contributed by atoms with Crippen LogP contribution >= 0.6 is 0 Å². The van der Waals surface area contributed by atoms with Crippen LogP contribution in [0, 0.1) is 6.92 Å². The van der Waals surface area contributed by atoms with Crippen LogP contribution in [-0.2, 0) is 17.8 Å². The van der Waals surface area contributed by atoms with E-state index in [4.69, 9.17) is 9.47 Å². The molecule has 0 aliphatic carbocycles. The Labute approximate surface area is 162 Å². The van der Waals surface area contributed by atoms with Gasteiger partial charge in [0.15, 0.2) is 17.5 Å². The van der Waals surface area contributed by atoms with Crippen molar-refractivity contribution in [1.29, 1.82) is 0 Å². The first-order valence-electron chi connectivity index (χ1n) is 9.33. The van der Waals surface area contributed by atoms with Crippen molar-refractivity contribution in [2.24, 2.45) is 0 Å². The van der Waals surface area contributed by atoms with Gasteiger partial charge in [0, 0.05) is 11.3 Å². The zero-order valence-electron chi connectivity index (χ0n) is 17.2. The van der Waals surface area contributed by atoms with Gasteiger partial charge in [-0.15, -0.1) is 0 Å². The van der Waals surface area contributed by atoms with Gasteiger partial charge in [0.1, 0.15) is 6.54 Å². The minimum absolute atomic E-state index is 0.00915. The number of ether oxygens (including phenoxy) is 2. The SMILES string of the molecule is CCc1ccc(NC(=O)[C@H](C)[NH+](C)Cc2cc(OC)c(OC)cc2C)cc1. The lowest BCUT2D eigenvalue weighted by Gasteiger charge is -2.22. The summed E-state index contributed by atoms with van der Waals surface area (Å²) in [6.07, 6.45) is 0.988. The fourth-order valence-electron chi connectivity index (χ4n) is 2.96. The van der Waals surface area contributed by atoms with Gasteiger partial charge in [-0.25, -0.2) is 0 Å². The molecule has 0 fully saturated rings. The predicted octanol–water partition coefficient (Wildman–Crippen LogP) is 2.62. The molecule has 27 heavy (non-hydrogen) atoms. The zero-order chi connectivity index (χ0) is 20.0. The molecule has 0 radical (unpaired) electrons. The molecule has 1 amide bonds. The van der Waals surface area contributed by atoms with Crippen LogP contribution in [0.15, 0.2) is 36.4 Å². The molecule has 2 aromatic rings. The van der Waals surface area contributed by atoms with Gasteiger partial charge < -0.3 is 19.7 Å². The molecule has 1 unspecified atom stereocenters. The molecule has 2 rings (SSSR count). The number of aryl methyl sites for hydroxylation is 2. The van der Waals surface area contributed by atoms with E-state index in [0.29, 0.717) is 5.75 Å². The largest absolute Gasteiger partial charge is 0.493 e. The van der Waals surface area contributed by atoms with Crippen molar-refractivity contribution < 1.29 is 19.2 Å². The van der Waals surface area contributed by atoms with E-state index in [1.807, 2.05) is 57.3 Å². The number of benzene rings is 2. The quantitative estimate of drug-likeness (QED) is 0.750. The second-order valence-corrected chi connectivity index (χ2v) is 6.92. The maximum absolute atomic E-state index is 12.6. The Kier molecular flexibility index (Phi) is 7.25. The van der Waals surface area contributed by atoms with Gasteiger partial charge >= 0.3 is 0 Å². The monoisotopic (exact) mass is 371 g/mol. The van der Waals surface area contributed by atoms with E-state index in [1.165, 1.54) is 5.56 Å². The van der Waals surface area contributed by atoms with Crippen LogP contribution in [0.5, 0.6) is 11.5 Å². The van der Waals surface area contributed by atoms with Gasteiger partial charge in [-0.1, -0.05) is 19.1 Å². The van der Waals surface area contributed by atoms with Gasteiger partial charge in [0.25, 0.3) is 5.91 Å². The Hall–Kier alpha value is -2.53. The Morgan fingerprint density at radius 1 is 1.11 bits per heavy atom. The molecule has 5 heteroatoms. The minimum atomic E-state index is -0.191. The van der Waals surface area contributed by atoms with Crippen molar-refractivity contribution in [3.05, 3.63) is 53.1 Å². The number of quaternary nitrogens is 1. The van der Waals surface area contributed by atoms with Gasteiger partial charge in [0.2, 0.25) is 0 Å². The fourth-order valence-corrected chi connectivity index (χ4v) is 2.96. The van der Waals surface area contributed by atoms with Crippen molar-refractivity contribution >= 4 is 11.6 Å². The van der Waals surface area contributed by atoms with Crippen molar-refractivity contribution in [2.75, 3.05) is 26.6 Å². The lowest BCUT2D eigenvalue weighted by Crippen LogP contribution is -3.12. The average molecular weight is 372 g/mol. The molecule has 2 aromatic carbocycles. The number of likely N-dealkylation sites (N-methyl/N-ethyl adjacent to an activating group) is 1. The highest BCUT2D eigenvalue weighted by Gasteiger charge is 2.23. The summed E-state index contributed by atoms with van der Waals surface area (Å²) in [5.41, 5.74) is 4.35. The maximum Gasteiger partial charge on any atom is 0.282 e. The van der Waals surface area contributed by atoms with Crippen LogP contribution in [0.1, 0.15) is 30.5 Å². The van der Waals surface area contributed by atoms with E-state index in [0.717, 1.165) is 40.4 Å². The van der Waals surface area contributed by atoms with Gasteiger partial charge in [-0.3, -0.25) is 4.79 Å². The molecule has 0 bridgehead atoms. The molecule has 0 saturated heterocycles. The number of hydrogen-bond acceptors (Lipinski definition) is 3. The third-order valence-corrected chi connectivity index (χ3v) is 5.07. The molecular formula is C22H31N2O3+. The summed E-state index contributed by atoms with van der Waals surface area (Å²) >= 11 is 0. The second kappa shape index (κ2) is 9.42. The number of carbonyl (C=O) groups is 1. The number of methoxy groups -OCH3 is 2. The van der Waals surface area contributed by atoms with E-state index in [2.05, 4.69) is 12.2 Å². The summed E-state index contributed by atoms with van der Waals surface area (Å²) in [5.74, 6) is 1.44. The van der Waals surface area contributed by atoms with E-state index >= 15 is 0 Å². The molecule has 0 saturated carbocycles. The van der Waals surface area contributed by atoms with E-state index in [1.54, 1.807) is 14.2 Å². The summed E-state index contributed by atoms with van der Waals surface area (Å²) < 4.78 is 10.8. The Morgan fingerprint density at radius 2 is 1.70 bits per heavy atom. The highest BCUT2D eigenvalue weighted by atomic mass is 16.5. The number of nitrogens with one attached hydrogen (secondary N) is 2. The average Bonchev–Trinajstić information content (AvgIpc) is 2.68. The molecule has 2 N–H and O–H groups in total. The van der Waals surface area contributed by atoms with Crippen molar-refractivity contribution in [3.63, 3.8) is 0 Å². The standard InChI is InChI=1S/C22H30N2O3/c1-7-17-8-10-19(11-9-17)23-22(25)16(3)24(4)14-18-13-21(27-6)20(26-5)12-15(18)2/h8-13,16H,7,14H2,1-6H3,(H,23,25)/p+1/t16-/m0/s1. The van der Waals surface area contributed by atoms with E-state index in [9.17, 15) is 4.79 Å². The highest BCUT2D eigenvalue weighted by Crippen LogP contribution is 2.29. The number of amides is 1. The van der Waals surface area contributed by atoms with Gasteiger partial charge in [0.05, 0.1) is 21.3 Å². The normalized spacial score (nSPS) is 13.0. The van der Waals surface area contributed by atoms with Gasteiger partial charge in [-0.05, 0) is 55.7 Å². The molecule has 0 aliphatic rings. The summed E-state index contributed by atoms with van der Waals surface area (Å²) in [7, 11) is 5.29. The lowest BCUT2D eigenvalue weighted by molar-refractivity contribution is -0.907. The first-order valence-corrected chi connectivity index (χ1v) is 9.33. The summed E-state index contributed by atoms with van der Waals surface area (Å²) in [5, 5.41) is 3.01. The number of rotatable bonds is 8. The molecule has 5 nitrogen and oxygen atoms in total. The van der Waals surface area contributed by atoms with Gasteiger partial charge in [-0.2, -0.15) is 0 Å². The predicted molar refractivity (Wildman–Crippen MR) is 109 cm³/mol. The minimum Gasteiger partial charge on any atom is -0.493 e. The molecule has 0 spiro atoms. The van der Waals surface area contributed by atoms with Crippen LogP contribution < -0.4 is 19.7 Å². The van der Waals surface area contributed by atoms with Crippen LogP contribution in [-0.4, -0.2) is 33.2 Å². The van der Waals surface area contributed by atoms with E-state index < -0.39 is 0 Å². The van der Waals surface area contributed by atoms with Crippen LogP contribution in [0.4, 0.5) is 5.69 Å². The second-order valence-electron chi connectivity index (χ2n) is 6.92. The first kappa shape index (κ1) is 20.8. The smallest absolute Gasteiger partial charge is 0.282 e. The van der Waals surface area contributed by atoms with Crippen LogP contribution in [0.2, 0.25) is 0 Å². The molecule has 0 aliphatic heterocycles.